The molecule has 1 aliphatic rings. The molecule has 0 unspecified atom stereocenters. The number of carboxylic acid groups (broad SMARTS) is 1. The fraction of sp³-hybridized carbons (Fsp3) is 0.353. The van der Waals surface area contributed by atoms with Crippen molar-refractivity contribution in [3.05, 3.63) is 47.0 Å². The van der Waals surface area contributed by atoms with Crippen LogP contribution in [-0.2, 0) is 24.3 Å². The molecule has 1 aromatic heterocycles. The number of aliphatic carboxylic acids is 1. The molecule has 7 nitrogen and oxygen atoms in total. The molecule has 0 atom stereocenters. The van der Waals surface area contributed by atoms with Gasteiger partial charge in [-0.05, 0) is 30.7 Å². The Balaban J connectivity index is 1.66. The lowest BCUT2D eigenvalue weighted by atomic mass is 10.2. The van der Waals surface area contributed by atoms with Gasteiger partial charge in [0.25, 0.3) is 0 Å². The molecule has 2 heterocycles. The topological polar surface area (TPSA) is 87.5 Å². The summed E-state index contributed by atoms with van der Waals surface area (Å²) in [6.07, 6.45) is 0.392. The van der Waals surface area contributed by atoms with E-state index in [1.807, 2.05) is 6.07 Å². The molecule has 1 aliphatic heterocycles. The van der Waals surface area contributed by atoms with Gasteiger partial charge in [-0.2, -0.15) is 5.10 Å². The number of rotatable bonds is 4. The maximum absolute atomic E-state index is 13.4. The average Bonchev–Trinajstić information content (AvgIpc) is 2.98. The van der Waals surface area contributed by atoms with Crippen molar-refractivity contribution in [1.29, 1.82) is 0 Å². The summed E-state index contributed by atoms with van der Waals surface area (Å²) in [4.78, 5) is 24.7. The van der Waals surface area contributed by atoms with Crippen LogP contribution in [0.2, 0.25) is 0 Å². The van der Waals surface area contributed by atoms with Crippen LogP contribution in [0.3, 0.4) is 0 Å². The number of aromatic nitrogens is 2. The van der Waals surface area contributed by atoms with Crippen molar-refractivity contribution in [3.8, 4) is 0 Å². The van der Waals surface area contributed by atoms with E-state index < -0.39 is 11.8 Å². The number of anilines is 1. The lowest BCUT2D eigenvalue weighted by molar-refractivity contribution is -0.136. The highest BCUT2D eigenvalue weighted by Gasteiger charge is 2.23. The predicted octanol–water partition coefficient (Wildman–Crippen LogP) is 2.40. The van der Waals surface area contributed by atoms with Gasteiger partial charge in [-0.15, -0.1) is 0 Å². The van der Waals surface area contributed by atoms with E-state index in [-0.39, 0.29) is 12.5 Å². The Labute approximate surface area is 144 Å². The van der Waals surface area contributed by atoms with Gasteiger partial charge in [-0.3, -0.25) is 9.48 Å². The Kier molecular flexibility index (Phi) is 4.69. The van der Waals surface area contributed by atoms with E-state index in [2.05, 4.69) is 10.4 Å². The second-order valence-electron chi connectivity index (χ2n) is 6.05. The number of halogens is 1. The van der Waals surface area contributed by atoms with Crippen LogP contribution in [0, 0.1) is 12.7 Å². The van der Waals surface area contributed by atoms with Crippen LogP contribution in [0.25, 0.3) is 0 Å². The second kappa shape index (κ2) is 6.92. The minimum Gasteiger partial charge on any atom is -0.481 e. The maximum Gasteiger partial charge on any atom is 0.322 e. The molecule has 2 N–H and O–H groups in total. The lowest BCUT2D eigenvalue weighted by Crippen LogP contribution is -2.41. The molecular weight excluding hydrogens is 327 g/mol. The number of fused-ring (bicyclic) bond motifs is 1. The van der Waals surface area contributed by atoms with Crippen LogP contribution >= 0.6 is 0 Å². The highest BCUT2D eigenvalue weighted by Crippen LogP contribution is 2.19. The molecule has 8 heteroatoms. The van der Waals surface area contributed by atoms with Crippen LogP contribution in [-0.4, -0.2) is 38.3 Å². The van der Waals surface area contributed by atoms with Crippen LogP contribution < -0.4 is 5.32 Å². The van der Waals surface area contributed by atoms with Gasteiger partial charge < -0.3 is 15.3 Å². The third-order valence-corrected chi connectivity index (χ3v) is 4.17. The molecule has 25 heavy (non-hydrogen) atoms. The van der Waals surface area contributed by atoms with Gasteiger partial charge in [-0.1, -0.05) is 6.07 Å². The number of carbonyl (C=O) groups is 2. The summed E-state index contributed by atoms with van der Waals surface area (Å²) in [7, 11) is 0. The first-order valence-electron chi connectivity index (χ1n) is 8.02. The summed E-state index contributed by atoms with van der Waals surface area (Å²) >= 11 is 0. The number of nitrogens with one attached hydrogen (secondary N) is 1. The number of carbonyl (C=O) groups excluding carboxylic acids is 1. The van der Waals surface area contributed by atoms with Crippen molar-refractivity contribution in [2.45, 2.75) is 32.9 Å². The lowest BCUT2D eigenvalue weighted by Gasteiger charge is -2.28. The van der Waals surface area contributed by atoms with Gasteiger partial charge >= 0.3 is 12.0 Å². The normalized spacial score (nSPS) is 13.4. The van der Waals surface area contributed by atoms with Gasteiger partial charge in [-0.25, -0.2) is 9.18 Å². The molecule has 0 fully saturated rings. The number of benzene rings is 1. The van der Waals surface area contributed by atoms with E-state index in [9.17, 15) is 14.0 Å². The van der Waals surface area contributed by atoms with Crippen molar-refractivity contribution in [2.75, 3.05) is 11.9 Å². The standard InChI is InChI=1S/C17H19FN4O3/c1-11-2-3-12(18)8-15(11)19-17(25)21-6-7-22-14(10-21)9-13(20-22)4-5-16(23)24/h2-3,8-9H,4-7,10H2,1H3,(H,19,25)(H,23,24). The molecule has 132 valence electrons. The molecule has 0 aliphatic carbocycles. The Bertz CT molecular complexity index is 818. The van der Waals surface area contributed by atoms with Gasteiger partial charge in [0.2, 0.25) is 0 Å². The minimum absolute atomic E-state index is 0.0273. The van der Waals surface area contributed by atoms with Gasteiger partial charge in [0.05, 0.1) is 30.9 Å². The molecule has 2 aromatic rings. The quantitative estimate of drug-likeness (QED) is 0.890. The van der Waals surface area contributed by atoms with Crippen molar-refractivity contribution in [3.63, 3.8) is 0 Å². The molecule has 0 spiro atoms. The zero-order valence-corrected chi connectivity index (χ0v) is 13.8. The number of carboxylic acids is 1. The van der Waals surface area contributed by atoms with Gasteiger partial charge in [0, 0.05) is 18.7 Å². The number of hydrogen-bond acceptors (Lipinski definition) is 3. The smallest absolute Gasteiger partial charge is 0.322 e. The van der Waals surface area contributed by atoms with E-state index in [1.165, 1.54) is 12.1 Å². The zero-order valence-electron chi connectivity index (χ0n) is 13.8. The van der Waals surface area contributed by atoms with Gasteiger partial charge in [0.15, 0.2) is 0 Å². The number of amides is 2. The molecule has 1 aromatic carbocycles. The first-order valence-corrected chi connectivity index (χ1v) is 8.02. The van der Waals surface area contributed by atoms with E-state index in [0.717, 1.165) is 11.3 Å². The average molecular weight is 346 g/mol. The van der Waals surface area contributed by atoms with E-state index in [1.54, 1.807) is 22.6 Å². The van der Waals surface area contributed by atoms with Crippen molar-refractivity contribution in [2.24, 2.45) is 0 Å². The van der Waals surface area contributed by atoms with Crippen LogP contribution in [0.1, 0.15) is 23.4 Å². The number of aryl methyl sites for hydroxylation is 2. The Hall–Kier alpha value is -2.90. The van der Waals surface area contributed by atoms with E-state index in [0.29, 0.717) is 37.4 Å². The van der Waals surface area contributed by atoms with Crippen LogP contribution in [0.4, 0.5) is 14.9 Å². The summed E-state index contributed by atoms with van der Waals surface area (Å²) in [5, 5.41) is 15.9. The highest BCUT2D eigenvalue weighted by molar-refractivity contribution is 5.90. The number of nitrogens with zero attached hydrogens (tertiary/aromatic N) is 3. The monoisotopic (exact) mass is 346 g/mol. The minimum atomic E-state index is -0.863. The SMILES string of the molecule is Cc1ccc(F)cc1NC(=O)N1CCn2nc(CCC(=O)O)cc2C1. The Morgan fingerprint density at radius 2 is 2.12 bits per heavy atom. The number of urea groups is 1. The first-order chi connectivity index (χ1) is 11.9. The summed E-state index contributed by atoms with van der Waals surface area (Å²) in [6.45, 7) is 3.19. The first kappa shape index (κ1) is 16.9. The molecule has 2 amide bonds. The van der Waals surface area contributed by atoms with Crippen molar-refractivity contribution in [1.82, 2.24) is 14.7 Å². The zero-order chi connectivity index (χ0) is 18.0. The third kappa shape index (κ3) is 3.96. The van der Waals surface area contributed by atoms with Crippen molar-refractivity contribution < 1.29 is 19.1 Å². The largest absolute Gasteiger partial charge is 0.481 e. The van der Waals surface area contributed by atoms with Gasteiger partial charge in [0.1, 0.15) is 5.82 Å². The Morgan fingerprint density at radius 3 is 2.88 bits per heavy atom. The molecule has 0 saturated heterocycles. The van der Waals surface area contributed by atoms with E-state index in [4.69, 9.17) is 5.11 Å². The summed E-state index contributed by atoms with van der Waals surface area (Å²) in [6, 6.07) is 5.79. The Morgan fingerprint density at radius 1 is 1.32 bits per heavy atom. The fourth-order valence-corrected chi connectivity index (χ4v) is 2.78. The van der Waals surface area contributed by atoms with Crippen LogP contribution in [0.15, 0.2) is 24.3 Å². The summed E-state index contributed by atoms with van der Waals surface area (Å²) in [5.41, 5.74) is 2.80. The summed E-state index contributed by atoms with van der Waals surface area (Å²) < 4.78 is 15.2. The van der Waals surface area contributed by atoms with Crippen molar-refractivity contribution >= 4 is 17.7 Å². The molecule has 0 saturated carbocycles. The highest BCUT2D eigenvalue weighted by atomic mass is 19.1. The fourth-order valence-electron chi connectivity index (χ4n) is 2.78. The van der Waals surface area contributed by atoms with Crippen LogP contribution in [0.5, 0.6) is 0 Å². The third-order valence-electron chi connectivity index (χ3n) is 4.17. The summed E-state index contributed by atoms with van der Waals surface area (Å²) in [5.74, 6) is -1.27. The number of hydrogen-bond donors (Lipinski definition) is 2. The second-order valence-corrected chi connectivity index (χ2v) is 6.05. The molecular formula is C17H19FN4O3. The molecule has 0 bridgehead atoms. The molecule has 3 rings (SSSR count). The predicted molar refractivity (Wildman–Crippen MR) is 88.7 cm³/mol. The van der Waals surface area contributed by atoms with E-state index >= 15 is 0 Å². The maximum atomic E-state index is 13.4. The molecule has 0 radical (unpaired) electrons.